The molecule has 0 nitrogen and oxygen atoms in total. The Hall–Kier alpha value is 12.1. The Morgan fingerprint density at radius 2 is 0.154 bits per heavy atom. The van der Waals surface area contributed by atoms with Gasteiger partial charge in [-0.1, -0.05) is 0 Å². The molecule has 0 fully saturated rings. The van der Waals surface area contributed by atoms with E-state index in [1.165, 1.54) is 0 Å². The van der Waals surface area contributed by atoms with Crippen molar-refractivity contribution in [2.24, 2.45) is 0 Å². The summed E-state index contributed by atoms with van der Waals surface area (Å²) in [5.41, 5.74) is 0. The zero-order valence-electron chi connectivity index (χ0n) is 8.50. The van der Waals surface area contributed by atoms with E-state index in [0.29, 0.717) is 0 Å². The Balaban J connectivity index is 0. The van der Waals surface area contributed by atoms with Crippen LogP contribution in [0.5, 0.6) is 0 Å². The van der Waals surface area contributed by atoms with Crippen molar-refractivity contribution in [3.63, 3.8) is 0 Å². The summed E-state index contributed by atoms with van der Waals surface area (Å²) in [6, 6.07) is 0. The van der Waals surface area contributed by atoms with Gasteiger partial charge < -0.3 is 0 Å². The van der Waals surface area contributed by atoms with Gasteiger partial charge in [0.2, 0.25) is 0 Å². The third-order valence-electron chi connectivity index (χ3n) is 0. The Kier molecular flexibility index (Phi) is 672. The van der Waals surface area contributed by atoms with Crippen molar-refractivity contribution in [2.45, 2.75) is 0 Å². The molecule has 0 aliphatic carbocycles. The van der Waals surface area contributed by atoms with Crippen molar-refractivity contribution >= 4 is 391 Å². The summed E-state index contributed by atoms with van der Waals surface area (Å²) in [4.78, 5) is 0. The maximum atomic E-state index is 0. The van der Waals surface area contributed by atoms with Crippen molar-refractivity contribution in [3.05, 3.63) is 0 Å². The van der Waals surface area contributed by atoms with Gasteiger partial charge >= 0.3 is 0 Å². The summed E-state index contributed by atoms with van der Waals surface area (Å²) in [6.45, 7) is 0. The summed E-state index contributed by atoms with van der Waals surface area (Å²) in [5.74, 6) is 0. The smallest absolute Gasteiger partial charge is 0 e. The fourth-order valence-electron chi connectivity index (χ4n) is 0. The van der Waals surface area contributed by atoms with Gasteiger partial charge in [0.25, 0.3) is 0 Å². The first-order valence-electron chi connectivity index (χ1n) is 0. The average molecular weight is 995 g/mol. The molecule has 0 amide bonds. The van der Waals surface area contributed by atoms with Crippen LogP contribution in [0.1, 0.15) is 0 Å². The van der Waals surface area contributed by atoms with E-state index in [2.05, 4.69) is 0 Å². The van der Waals surface area contributed by atoms with Crippen molar-refractivity contribution in [2.75, 3.05) is 0 Å². The normalized spacial score (nSPS) is 0. The predicted octanol–water partition coefficient (Wildman–Crippen LogP) is -4.95. The molecule has 0 saturated heterocycles. The van der Waals surface area contributed by atoms with Gasteiger partial charge in [-0.3, -0.25) is 0 Å². The first-order chi connectivity index (χ1) is 0. The van der Waals surface area contributed by atoms with Crippen molar-refractivity contribution in [1.29, 1.82) is 0 Å². The van der Waals surface area contributed by atoms with E-state index >= 15 is 0 Å². The number of hydrogen-bond donors (Lipinski definition) is 0. The molecule has 0 N–H and O–H groups in total. The minimum absolute atomic E-state index is 0. The fourth-order valence-corrected chi connectivity index (χ4v) is 0. The van der Waals surface area contributed by atoms with Crippen LogP contribution in [0.4, 0.5) is 0 Å². The van der Waals surface area contributed by atoms with Gasteiger partial charge in [-0.05, 0) is 0 Å². The van der Waals surface area contributed by atoms with Gasteiger partial charge in [0, 0.05) is 391 Å². The maximum absolute atomic E-state index is 0. The predicted molar refractivity (Wildman–Crippen MR) is 74.8 cm³/mol. The third kappa shape index (κ3) is 80.4. The van der Waals surface area contributed by atoms with Crippen LogP contribution in [0, 0.1) is 0 Å². The standard InChI is InChI=1S/9Ge.4Rb. The molecule has 0 aromatic carbocycles. The first-order valence-corrected chi connectivity index (χ1v) is 0. The molecular weight excluding hydrogens is 995 g/mol. The van der Waals surface area contributed by atoms with Crippen LogP contribution in [-0.4, -0.2) is 391 Å². The second kappa shape index (κ2) is 87.8. The minimum Gasteiger partial charge on any atom is 0 e. The van der Waals surface area contributed by atoms with Crippen LogP contribution in [0.2, 0.25) is 0 Å². The molecule has 0 atom stereocenters. The molecule has 0 unspecified atom stereocenters. The van der Waals surface area contributed by atoms with Crippen molar-refractivity contribution in [3.8, 4) is 0 Å². The molecule has 0 rings (SSSR count). The monoisotopic (exact) mass is 1000 g/mol. The summed E-state index contributed by atoms with van der Waals surface area (Å²) >= 11 is 0. The second-order valence-corrected chi connectivity index (χ2v) is 0. The molecule has 0 bridgehead atoms. The summed E-state index contributed by atoms with van der Waals surface area (Å²) in [6.07, 6.45) is 0. The van der Waals surface area contributed by atoms with Gasteiger partial charge in [0.15, 0.2) is 0 Å². The van der Waals surface area contributed by atoms with E-state index in [1.54, 1.807) is 0 Å². The van der Waals surface area contributed by atoms with Crippen LogP contribution >= 0.6 is 0 Å². The van der Waals surface area contributed by atoms with Crippen LogP contribution in [0.25, 0.3) is 0 Å². The van der Waals surface area contributed by atoms with Gasteiger partial charge in [-0.25, -0.2) is 0 Å². The molecule has 0 heterocycles. The van der Waals surface area contributed by atoms with Crippen LogP contribution in [0.3, 0.4) is 0 Å². The fraction of sp³-hybridized carbons (Fsp3) is 0. The summed E-state index contributed by atoms with van der Waals surface area (Å²) in [7, 11) is 0. The molecule has 40 radical (unpaired) electrons. The SMILES string of the molecule is [Ge].[Ge].[Ge].[Ge].[Ge].[Ge].[Ge].[Ge].[Ge].[Rb].[Rb].[Rb].[Rb]. The number of rotatable bonds is 0. The zero-order valence-corrected chi connectivity index (χ0v) is 47.0. The Morgan fingerprint density at radius 1 is 0.154 bits per heavy atom. The Labute approximate surface area is 376 Å². The van der Waals surface area contributed by atoms with E-state index in [-0.39, 0.29) is 391 Å². The van der Waals surface area contributed by atoms with Gasteiger partial charge in [-0.2, -0.15) is 0 Å². The van der Waals surface area contributed by atoms with Crippen LogP contribution < -0.4 is 0 Å². The van der Waals surface area contributed by atoms with E-state index < -0.39 is 0 Å². The third-order valence-corrected chi connectivity index (χ3v) is 0. The largest absolute Gasteiger partial charge is 0 e. The number of hydrogen-bond acceptors (Lipinski definition) is 0. The zero-order chi connectivity index (χ0) is 0. The van der Waals surface area contributed by atoms with E-state index in [0.717, 1.165) is 0 Å². The minimum atomic E-state index is 0. The van der Waals surface area contributed by atoms with E-state index in [4.69, 9.17) is 0 Å². The summed E-state index contributed by atoms with van der Waals surface area (Å²) in [5, 5.41) is 0. The molecular formula is Ge9Rb4. The molecule has 0 aromatic heterocycles. The van der Waals surface area contributed by atoms with Crippen LogP contribution in [0.15, 0.2) is 0 Å². The molecule has 0 aromatic rings. The molecule has 0 spiro atoms. The summed E-state index contributed by atoms with van der Waals surface area (Å²) < 4.78 is 0. The molecule has 13 heavy (non-hydrogen) atoms. The second-order valence-electron chi connectivity index (χ2n) is 0. The Bertz CT molecular complexity index is 11.6. The average Bonchev–Trinajstić information content (AvgIpc) is 0. The van der Waals surface area contributed by atoms with Gasteiger partial charge in [0.1, 0.15) is 0 Å². The molecule has 0 aliphatic heterocycles. The maximum Gasteiger partial charge on any atom is 0 e. The topological polar surface area (TPSA) is 0 Å². The first kappa shape index (κ1) is 99.5. The van der Waals surface area contributed by atoms with Crippen molar-refractivity contribution < 1.29 is 0 Å². The van der Waals surface area contributed by atoms with Crippen molar-refractivity contribution in [1.82, 2.24) is 0 Å². The molecule has 0 aliphatic rings. The Morgan fingerprint density at radius 3 is 0.154 bits per heavy atom. The molecule has 40 valence electrons. The van der Waals surface area contributed by atoms with Gasteiger partial charge in [0.05, 0.1) is 0 Å². The van der Waals surface area contributed by atoms with E-state index in [9.17, 15) is 0 Å². The molecule has 13 heteroatoms. The quantitative estimate of drug-likeness (QED) is 0.214. The van der Waals surface area contributed by atoms with E-state index in [1.807, 2.05) is 0 Å². The molecule has 0 saturated carbocycles. The van der Waals surface area contributed by atoms with Crippen LogP contribution in [-0.2, 0) is 0 Å². The van der Waals surface area contributed by atoms with Gasteiger partial charge in [-0.15, -0.1) is 0 Å².